The van der Waals surface area contributed by atoms with E-state index >= 15 is 0 Å². The molecule has 1 heterocycles. The van der Waals surface area contributed by atoms with Crippen LogP contribution in [-0.2, 0) is 4.79 Å². The average Bonchev–Trinajstić information content (AvgIpc) is 3.27. The van der Waals surface area contributed by atoms with Gasteiger partial charge in [-0.25, -0.2) is 5.43 Å². The maximum Gasteiger partial charge on any atom is 0.269 e. The number of benzene rings is 1. The number of hydrogen-bond acceptors (Lipinski definition) is 5. The fourth-order valence-corrected chi connectivity index (χ4v) is 1.92. The van der Waals surface area contributed by atoms with E-state index in [0.29, 0.717) is 11.5 Å². The number of carbonyl (C=O) groups excluding carboxylic acids is 1. The Balaban J connectivity index is 1.66. The number of hydrogen-bond donors (Lipinski definition) is 1. The molecule has 1 saturated carbocycles. The summed E-state index contributed by atoms with van der Waals surface area (Å²) in [5, 5.41) is 14.4. The van der Waals surface area contributed by atoms with Crippen LogP contribution in [0.2, 0.25) is 0 Å². The molecular weight excluding hydrogens is 286 g/mol. The van der Waals surface area contributed by atoms with Crippen molar-refractivity contribution in [3.63, 3.8) is 0 Å². The molecular formula is C15H13N3O4. The van der Waals surface area contributed by atoms with Crippen LogP contribution in [0.1, 0.15) is 18.6 Å². The van der Waals surface area contributed by atoms with E-state index in [0.717, 1.165) is 18.4 Å². The summed E-state index contributed by atoms with van der Waals surface area (Å²) in [7, 11) is 0. The molecule has 1 aliphatic rings. The van der Waals surface area contributed by atoms with E-state index in [1.807, 2.05) is 0 Å². The van der Waals surface area contributed by atoms with Crippen LogP contribution in [0.15, 0.2) is 45.9 Å². The lowest BCUT2D eigenvalue weighted by atomic mass is 10.1. The van der Waals surface area contributed by atoms with Crippen molar-refractivity contribution in [2.24, 2.45) is 11.0 Å². The largest absolute Gasteiger partial charge is 0.455 e. The number of nitrogens with zero attached hydrogens (tertiary/aromatic N) is 2. The standard InChI is InChI=1S/C15H13N3O4/c19-15(11-1-2-11)17-16-9-13-7-8-14(22-13)10-3-5-12(6-4-10)18(20)21/h3-9,11H,1-2H2,(H,17,19)/b16-9+. The van der Waals surface area contributed by atoms with E-state index < -0.39 is 4.92 Å². The summed E-state index contributed by atoms with van der Waals surface area (Å²) < 4.78 is 5.56. The van der Waals surface area contributed by atoms with E-state index in [1.165, 1.54) is 18.3 Å². The summed E-state index contributed by atoms with van der Waals surface area (Å²) in [5.41, 5.74) is 3.21. The highest BCUT2D eigenvalue weighted by Gasteiger charge is 2.29. The molecule has 0 unspecified atom stereocenters. The molecule has 1 amide bonds. The predicted octanol–water partition coefficient (Wildman–Crippen LogP) is 2.71. The molecule has 3 rings (SSSR count). The van der Waals surface area contributed by atoms with E-state index in [9.17, 15) is 14.9 Å². The minimum Gasteiger partial charge on any atom is -0.455 e. The Hall–Kier alpha value is -2.96. The van der Waals surface area contributed by atoms with Crippen LogP contribution in [0.5, 0.6) is 0 Å². The van der Waals surface area contributed by atoms with Crippen molar-refractivity contribution in [1.82, 2.24) is 5.43 Å². The molecule has 1 N–H and O–H groups in total. The van der Waals surface area contributed by atoms with Gasteiger partial charge in [0, 0.05) is 23.6 Å². The summed E-state index contributed by atoms with van der Waals surface area (Å²) in [6.45, 7) is 0. The molecule has 0 bridgehead atoms. The van der Waals surface area contributed by atoms with Crippen molar-refractivity contribution in [1.29, 1.82) is 0 Å². The zero-order valence-electron chi connectivity index (χ0n) is 11.6. The first kappa shape index (κ1) is 14.0. The second-order valence-electron chi connectivity index (χ2n) is 5.01. The molecule has 7 nitrogen and oxygen atoms in total. The van der Waals surface area contributed by atoms with Crippen LogP contribution in [0, 0.1) is 16.0 Å². The summed E-state index contributed by atoms with van der Waals surface area (Å²) >= 11 is 0. The van der Waals surface area contributed by atoms with Crippen molar-refractivity contribution in [3.8, 4) is 11.3 Å². The van der Waals surface area contributed by atoms with Crippen LogP contribution in [-0.4, -0.2) is 17.0 Å². The fraction of sp³-hybridized carbons (Fsp3) is 0.200. The molecule has 1 aromatic heterocycles. The molecule has 0 aliphatic heterocycles. The lowest BCUT2D eigenvalue weighted by Gasteiger charge is -1.96. The van der Waals surface area contributed by atoms with Gasteiger partial charge < -0.3 is 4.42 Å². The van der Waals surface area contributed by atoms with E-state index in [2.05, 4.69) is 10.5 Å². The quantitative estimate of drug-likeness (QED) is 0.521. The summed E-state index contributed by atoms with van der Waals surface area (Å²) in [5.74, 6) is 1.09. The van der Waals surface area contributed by atoms with Crippen molar-refractivity contribution >= 4 is 17.8 Å². The third-order valence-corrected chi connectivity index (χ3v) is 3.30. The minimum absolute atomic E-state index is 0.0277. The molecule has 0 atom stereocenters. The van der Waals surface area contributed by atoms with Gasteiger partial charge in [0.25, 0.3) is 5.69 Å². The monoisotopic (exact) mass is 299 g/mol. The van der Waals surface area contributed by atoms with Gasteiger partial charge in [0.05, 0.1) is 11.1 Å². The van der Waals surface area contributed by atoms with Crippen molar-refractivity contribution < 1.29 is 14.1 Å². The number of amides is 1. The summed E-state index contributed by atoms with van der Waals surface area (Å²) in [6.07, 6.45) is 3.27. The molecule has 1 fully saturated rings. The Labute approximate surface area is 125 Å². The molecule has 0 saturated heterocycles. The number of hydrazone groups is 1. The van der Waals surface area contributed by atoms with Crippen LogP contribution in [0.3, 0.4) is 0 Å². The Kier molecular flexibility index (Phi) is 3.69. The second kappa shape index (κ2) is 5.80. The van der Waals surface area contributed by atoms with Gasteiger partial charge in [0.15, 0.2) is 0 Å². The number of rotatable bonds is 5. The van der Waals surface area contributed by atoms with Gasteiger partial charge in [-0.1, -0.05) is 0 Å². The van der Waals surface area contributed by atoms with Gasteiger partial charge in [-0.05, 0) is 37.1 Å². The first-order chi connectivity index (χ1) is 10.6. The normalized spacial score (nSPS) is 14.2. The van der Waals surface area contributed by atoms with Crippen molar-refractivity contribution in [2.45, 2.75) is 12.8 Å². The zero-order chi connectivity index (χ0) is 15.5. The smallest absolute Gasteiger partial charge is 0.269 e. The van der Waals surface area contributed by atoms with E-state index in [1.54, 1.807) is 24.3 Å². The average molecular weight is 299 g/mol. The van der Waals surface area contributed by atoms with Crippen molar-refractivity contribution in [2.75, 3.05) is 0 Å². The van der Waals surface area contributed by atoms with Gasteiger partial charge in [0.2, 0.25) is 5.91 Å². The van der Waals surface area contributed by atoms with Gasteiger partial charge in [0.1, 0.15) is 11.5 Å². The maximum atomic E-state index is 11.4. The third kappa shape index (κ3) is 3.20. The summed E-state index contributed by atoms with van der Waals surface area (Å²) in [4.78, 5) is 21.6. The Morgan fingerprint density at radius 1 is 1.27 bits per heavy atom. The van der Waals surface area contributed by atoms with E-state index in [4.69, 9.17) is 4.42 Å². The van der Waals surface area contributed by atoms with Gasteiger partial charge in [-0.3, -0.25) is 14.9 Å². The first-order valence-corrected chi connectivity index (χ1v) is 6.81. The lowest BCUT2D eigenvalue weighted by molar-refractivity contribution is -0.384. The molecule has 1 aromatic carbocycles. The molecule has 22 heavy (non-hydrogen) atoms. The SMILES string of the molecule is O=C(N/N=C/c1ccc(-c2ccc([N+](=O)[O-])cc2)o1)C1CC1. The topological polar surface area (TPSA) is 97.7 Å². The zero-order valence-corrected chi connectivity index (χ0v) is 11.6. The highest BCUT2D eigenvalue weighted by atomic mass is 16.6. The Morgan fingerprint density at radius 3 is 2.64 bits per heavy atom. The maximum absolute atomic E-state index is 11.4. The lowest BCUT2D eigenvalue weighted by Crippen LogP contribution is -2.18. The molecule has 1 aliphatic carbocycles. The van der Waals surface area contributed by atoms with Crippen LogP contribution >= 0.6 is 0 Å². The fourth-order valence-electron chi connectivity index (χ4n) is 1.92. The van der Waals surface area contributed by atoms with Gasteiger partial charge in [-0.15, -0.1) is 0 Å². The highest BCUT2D eigenvalue weighted by molar-refractivity contribution is 5.83. The highest BCUT2D eigenvalue weighted by Crippen LogP contribution is 2.28. The van der Waals surface area contributed by atoms with Gasteiger partial charge >= 0.3 is 0 Å². The van der Waals surface area contributed by atoms with Gasteiger partial charge in [-0.2, -0.15) is 5.10 Å². The number of non-ortho nitro benzene ring substituents is 1. The first-order valence-electron chi connectivity index (χ1n) is 6.81. The summed E-state index contributed by atoms with van der Waals surface area (Å²) in [6, 6.07) is 9.53. The Bertz CT molecular complexity index is 730. The molecule has 7 heteroatoms. The van der Waals surface area contributed by atoms with Crippen molar-refractivity contribution in [3.05, 3.63) is 52.3 Å². The second-order valence-corrected chi connectivity index (χ2v) is 5.01. The number of carbonyl (C=O) groups is 1. The van der Waals surface area contributed by atoms with E-state index in [-0.39, 0.29) is 17.5 Å². The third-order valence-electron chi connectivity index (χ3n) is 3.30. The molecule has 0 spiro atoms. The molecule has 112 valence electrons. The van der Waals surface area contributed by atoms with Crippen LogP contribution in [0.25, 0.3) is 11.3 Å². The van der Waals surface area contributed by atoms with Crippen LogP contribution < -0.4 is 5.43 Å². The molecule has 0 radical (unpaired) electrons. The number of nitro groups is 1. The Morgan fingerprint density at radius 2 is 2.00 bits per heavy atom. The van der Waals surface area contributed by atoms with Crippen LogP contribution in [0.4, 0.5) is 5.69 Å². The number of nitro benzene ring substituents is 1. The number of furan rings is 1. The minimum atomic E-state index is -0.452. The molecule has 2 aromatic rings. The predicted molar refractivity (Wildman–Crippen MR) is 79.3 cm³/mol. The number of nitrogens with one attached hydrogen (secondary N) is 1.